The van der Waals surface area contributed by atoms with Gasteiger partial charge >= 0.3 is 0 Å². The number of benzene rings is 2. The van der Waals surface area contributed by atoms with Crippen LogP contribution in [0.5, 0.6) is 0 Å². The molecule has 0 aromatic heterocycles. The van der Waals surface area contributed by atoms with Crippen LogP contribution in [0.1, 0.15) is 18.4 Å². The Bertz CT molecular complexity index is 613. The van der Waals surface area contributed by atoms with Crippen molar-refractivity contribution in [3.63, 3.8) is 0 Å². The van der Waals surface area contributed by atoms with Crippen molar-refractivity contribution in [3.05, 3.63) is 58.3 Å². The summed E-state index contributed by atoms with van der Waals surface area (Å²) in [5.41, 5.74) is 1.01. The van der Waals surface area contributed by atoms with Crippen LogP contribution in [0, 0.1) is 5.82 Å². The second-order valence-electron chi connectivity index (χ2n) is 5.01. The Morgan fingerprint density at radius 2 is 2.00 bits per heavy atom. The molecule has 1 aliphatic carbocycles. The highest BCUT2D eigenvalue weighted by Gasteiger charge is 2.20. The summed E-state index contributed by atoms with van der Waals surface area (Å²) < 4.78 is 14.7. The molecule has 0 radical (unpaired) electrons. The van der Waals surface area contributed by atoms with E-state index in [0.29, 0.717) is 6.04 Å². The quantitative estimate of drug-likeness (QED) is 0.814. The Balaban J connectivity index is 1.74. The lowest BCUT2D eigenvalue weighted by Crippen LogP contribution is -2.15. The van der Waals surface area contributed by atoms with Gasteiger partial charge in [0.1, 0.15) is 5.82 Å². The minimum atomic E-state index is -0.169. The molecule has 0 heterocycles. The van der Waals surface area contributed by atoms with Crippen molar-refractivity contribution in [2.45, 2.75) is 35.2 Å². The molecule has 1 aliphatic rings. The first-order valence-corrected chi connectivity index (χ1v) is 8.26. The van der Waals surface area contributed by atoms with Crippen molar-refractivity contribution in [1.29, 1.82) is 0 Å². The van der Waals surface area contributed by atoms with Crippen molar-refractivity contribution < 1.29 is 4.39 Å². The fourth-order valence-corrected chi connectivity index (χ4v) is 3.54. The van der Waals surface area contributed by atoms with E-state index in [0.717, 1.165) is 26.4 Å². The molecule has 2 aromatic rings. The summed E-state index contributed by atoms with van der Waals surface area (Å²) >= 11 is 5.04. The zero-order chi connectivity index (χ0) is 13.9. The average Bonchev–Trinajstić information content (AvgIpc) is 3.20. The Hall–Kier alpha value is -0.840. The lowest BCUT2D eigenvalue weighted by molar-refractivity contribution is 0.615. The molecule has 0 unspecified atom stereocenters. The molecule has 0 aliphatic heterocycles. The second kappa shape index (κ2) is 6.29. The van der Waals surface area contributed by atoms with Crippen LogP contribution >= 0.6 is 27.7 Å². The Morgan fingerprint density at radius 3 is 2.75 bits per heavy atom. The van der Waals surface area contributed by atoms with Gasteiger partial charge in [-0.05, 0) is 54.8 Å². The maximum atomic E-state index is 13.7. The van der Waals surface area contributed by atoms with Gasteiger partial charge in [0.25, 0.3) is 0 Å². The standard InChI is InChI=1S/C16H15BrFNS/c17-12-2-1-3-15(8-12)20-16-7-11(6-13(18)9-16)10-19-14-4-5-14/h1-3,6-9,14,19H,4-5,10H2. The van der Waals surface area contributed by atoms with E-state index in [2.05, 4.69) is 27.3 Å². The Labute approximate surface area is 131 Å². The number of hydrogen-bond acceptors (Lipinski definition) is 2. The highest BCUT2D eigenvalue weighted by atomic mass is 79.9. The molecule has 104 valence electrons. The van der Waals surface area contributed by atoms with Crippen LogP contribution in [-0.4, -0.2) is 6.04 Å². The third kappa shape index (κ3) is 4.08. The maximum Gasteiger partial charge on any atom is 0.124 e. The molecule has 1 saturated carbocycles. The van der Waals surface area contributed by atoms with Crippen LogP contribution in [0.25, 0.3) is 0 Å². The van der Waals surface area contributed by atoms with Crippen LogP contribution in [0.15, 0.2) is 56.7 Å². The summed E-state index contributed by atoms with van der Waals surface area (Å²) in [6, 6.07) is 13.9. The highest BCUT2D eigenvalue weighted by Crippen LogP contribution is 2.31. The maximum absolute atomic E-state index is 13.7. The number of nitrogens with one attached hydrogen (secondary N) is 1. The van der Waals surface area contributed by atoms with Crippen LogP contribution in [-0.2, 0) is 6.54 Å². The zero-order valence-corrected chi connectivity index (χ0v) is 13.3. The molecular formula is C16H15BrFNS. The van der Waals surface area contributed by atoms with Crippen molar-refractivity contribution in [3.8, 4) is 0 Å². The normalized spacial score (nSPS) is 14.5. The van der Waals surface area contributed by atoms with E-state index in [1.807, 2.05) is 24.3 Å². The van der Waals surface area contributed by atoms with Gasteiger partial charge < -0.3 is 5.32 Å². The zero-order valence-electron chi connectivity index (χ0n) is 10.9. The van der Waals surface area contributed by atoms with E-state index in [4.69, 9.17) is 0 Å². The van der Waals surface area contributed by atoms with E-state index in [1.54, 1.807) is 23.9 Å². The molecule has 0 saturated heterocycles. The number of halogens is 2. The first kappa shape index (κ1) is 14.1. The third-order valence-corrected chi connectivity index (χ3v) is 4.59. The molecule has 0 bridgehead atoms. The molecule has 0 spiro atoms. The lowest BCUT2D eigenvalue weighted by atomic mass is 10.2. The summed E-state index contributed by atoms with van der Waals surface area (Å²) in [7, 11) is 0. The number of hydrogen-bond donors (Lipinski definition) is 1. The molecule has 3 rings (SSSR count). The van der Waals surface area contributed by atoms with E-state index in [-0.39, 0.29) is 5.82 Å². The van der Waals surface area contributed by atoms with Crippen molar-refractivity contribution in [2.75, 3.05) is 0 Å². The van der Waals surface area contributed by atoms with Crippen molar-refractivity contribution in [2.24, 2.45) is 0 Å². The van der Waals surface area contributed by atoms with Crippen LogP contribution in [0.3, 0.4) is 0 Å². The molecule has 0 atom stereocenters. The predicted octanol–water partition coefficient (Wildman–Crippen LogP) is 4.99. The van der Waals surface area contributed by atoms with Gasteiger partial charge in [0, 0.05) is 26.9 Å². The molecule has 1 fully saturated rings. The molecule has 0 amide bonds. The van der Waals surface area contributed by atoms with Crippen molar-refractivity contribution >= 4 is 27.7 Å². The molecule has 4 heteroatoms. The Kier molecular flexibility index (Phi) is 4.44. The number of rotatable bonds is 5. The largest absolute Gasteiger partial charge is 0.310 e. The molecule has 2 aromatic carbocycles. The predicted molar refractivity (Wildman–Crippen MR) is 84.5 cm³/mol. The molecule has 20 heavy (non-hydrogen) atoms. The smallest absolute Gasteiger partial charge is 0.124 e. The molecular weight excluding hydrogens is 337 g/mol. The third-order valence-electron chi connectivity index (χ3n) is 3.14. The summed E-state index contributed by atoms with van der Waals surface area (Å²) in [6.07, 6.45) is 2.49. The summed E-state index contributed by atoms with van der Waals surface area (Å²) in [5, 5.41) is 3.42. The van der Waals surface area contributed by atoms with Gasteiger partial charge in [-0.25, -0.2) is 4.39 Å². The monoisotopic (exact) mass is 351 g/mol. The van der Waals surface area contributed by atoms with E-state index in [9.17, 15) is 4.39 Å². The SMILES string of the molecule is Fc1cc(CNC2CC2)cc(Sc2cccc(Br)c2)c1. The first-order valence-electron chi connectivity index (χ1n) is 6.65. The van der Waals surface area contributed by atoms with Crippen LogP contribution in [0.4, 0.5) is 4.39 Å². The van der Waals surface area contributed by atoms with Gasteiger partial charge in [-0.3, -0.25) is 0 Å². The van der Waals surface area contributed by atoms with E-state index in [1.165, 1.54) is 12.8 Å². The average molecular weight is 352 g/mol. The summed E-state index contributed by atoms with van der Waals surface area (Å²) in [6.45, 7) is 0.745. The molecule has 1 nitrogen and oxygen atoms in total. The van der Waals surface area contributed by atoms with Gasteiger partial charge in [0.15, 0.2) is 0 Å². The van der Waals surface area contributed by atoms with Gasteiger partial charge in [0.05, 0.1) is 0 Å². The fourth-order valence-electron chi connectivity index (χ4n) is 2.00. The lowest BCUT2D eigenvalue weighted by Gasteiger charge is -2.07. The highest BCUT2D eigenvalue weighted by molar-refractivity contribution is 9.10. The fraction of sp³-hybridized carbons (Fsp3) is 0.250. The first-order chi connectivity index (χ1) is 9.69. The van der Waals surface area contributed by atoms with Gasteiger partial charge in [-0.15, -0.1) is 0 Å². The van der Waals surface area contributed by atoms with E-state index < -0.39 is 0 Å². The van der Waals surface area contributed by atoms with Crippen molar-refractivity contribution in [1.82, 2.24) is 5.32 Å². The van der Waals surface area contributed by atoms with Gasteiger partial charge in [0.2, 0.25) is 0 Å². The topological polar surface area (TPSA) is 12.0 Å². The minimum Gasteiger partial charge on any atom is -0.310 e. The molecule has 1 N–H and O–H groups in total. The van der Waals surface area contributed by atoms with Crippen LogP contribution < -0.4 is 5.32 Å². The van der Waals surface area contributed by atoms with Gasteiger partial charge in [-0.2, -0.15) is 0 Å². The summed E-state index contributed by atoms with van der Waals surface area (Å²) in [5.74, 6) is -0.169. The van der Waals surface area contributed by atoms with E-state index >= 15 is 0 Å². The Morgan fingerprint density at radius 1 is 1.15 bits per heavy atom. The second-order valence-corrected chi connectivity index (χ2v) is 7.07. The van der Waals surface area contributed by atoms with Crippen LogP contribution in [0.2, 0.25) is 0 Å². The summed E-state index contributed by atoms with van der Waals surface area (Å²) in [4.78, 5) is 2.04. The van der Waals surface area contributed by atoms with Gasteiger partial charge in [-0.1, -0.05) is 33.8 Å². The minimum absolute atomic E-state index is 0.169.